The molecule has 2 N–H and O–H groups in total. The van der Waals surface area contributed by atoms with E-state index in [1.165, 1.54) is 17.1 Å². The summed E-state index contributed by atoms with van der Waals surface area (Å²) in [4.78, 5) is 12.1. The quantitative estimate of drug-likeness (QED) is 0.542. The first-order chi connectivity index (χ1) is 12.2. The maximum absolute atomic E-state index is 12.5. The van der Waals surface area contributed by atoms with Crippen LogP contribution in [0.25, 0.3) is 0 Å². The van der Waals surface area contributed by atoms with Crippen LogP contribution in [0.2, 0.25) is 0 Å². The molecule has 26 heavy (non-hydrogen) atoms. The van der Waals surface area contributed by atoms with Crippen LogP contribution in [0, 0.1) is 0 Å². The van der Waals surface area contributed by atoms with E-state index >= 15 is 0 Å². The third-order valence-electron chi connectivity index (χ3n) is 5.20. The monoisotopic (exact) mass is 387 g/mol. The van der Waals surface area contributed by atoms with Crippen LogP contribution >= 0.6 is 0 Å². The molecule has 2 aliphatic rings. The molecule has 1 saturated carbocycles. The number of hydrogen-bond donors (Lipinski definition) is 2. The number of nitrogens with zero attached hydrogens (tertiary/aromatic N) is 1. The SMILES string of the molecule is C=C(C)COC1(C)CCN(S(=O)(=O)NC(=O)NC2CCCCCC2)CC1. The minimum atomic E-state index is -3.83. The number of urea groups is 1. The Morgan fingerprint density at radius 2 is 1.77 bits per heavy atom. The molecular weight excluding hydrogens is 354 g/mol. The molecule has 0 bridgehead atoms. The number of hydrogen-bond acceptors (Lipinski definition) is 4. The van der Waals surface area contributed by atoms with E-state index < -0.39 is 16.2 Å². The summed E-state index contributed by atoms with van der Waals surface area (Å²) in [6.07, 6.45) is 7.51. The topological polar surface area (TPSA) is 87.7 Å². The molecule has 1 aliphatic heterocycles. The van der Waals surface area contributed by atoms with Crippen molar-refractivity contribution in [2.24, 2.45) is 0 Å². The summed E-state index contributed by atoms with van der Waals surface area (Å²) in [6.45, 7) is 8.86. The van der Waals surface area contributed by atoms with E-state index in [1.807, 2.05) is 13.8 Å². The Kier molecular flexibility index (Phi) is 7.49. The molecule has 0 aromatic carbocycles. The van der Waals surface area contributed by atoms with Gasteiger partial charge >= 0.3 is 16.2 Å². The van der Waals surface area contributed by atoms with Gasteiger partial charge in [-0.05, 0) is 39.5 Å². The van der Waals surface area contributed by atoms with Crippen LogP contribution < -0.4 is 10.0 Å². The van der Waals surface area contributed by atoms with Gasteiger partial charge in [0, 0.05) is 19.1 Å². The van der Waals surface area contributed by atoms with Crippen LogP contribution in [0.15, 0.2) is 12.2 Å². The summed E-state index contributed by atoms with van der Waals surface area (Å²) < 4.78 is 34.3. The van der Waals surface area contributed by atoms with Gasteiger partial charge in [0.05, 0.1) is 12.2 Å². The molecule has 0 spiro atoms. The van der Waals surface area contributed by atoms with E-state index in [0.29, 0.717) is 32.5 Å². The van der Waals surface area contributed by atoms with E-state index in [2.05, 4.69) is 16.6 Å². The predicted octanol–water partition coefficient (Wildman–Crippen LogP) is 2.70. The fourth-order valence-electron chi connectivity index (χ4n) is 3.46. The van der Waals surface area contributed by atoms with Crippen LogP contribution in [0.3, 0.4) is 0 Å². The number of nitrogens with one attached hydrogen (secondary N) is 2. The third-order valence-corrected chi connectivity index (χ3v) is 6.69. The molecule has 1 saturated heterocycles. The van der Waals surface area contributed by atoms with E-state index in [-0.39, 0.29) is 11.6 Å². The molecule has 150 valence electrons. The second-order valence-corrected chi connectivity index (χ2v) is 9.53. The lowest BCUT2D eigenvalue weighted by Crippen LogP contribution is -2.53. The second-order valence-electron chi connectivity index (χ2n) is 7.86. The van der Waals surface area contributed by atoms with Crippen molar-refractivity contribution in [3.05, 3.63) is 12.2 Å². The highest BCUT2D eigenvalue weighted by molar-refractivity contribution is 7.87. The van der Waals surface area contributed by atoms with Gasteiger partial charge in [0.25, 0.3) is 0 Å². The highest BCUT2D eigenvalue weighted by atomic mass is 32.2. The molecule has 2 fully saturated rings. The molecule has 2 rings (SSSR count). The van der Waals surface area contributed by atoms with Gasteiger partial charge in [0.1, 0.15) is 0 Å². The van der Waals surface area contributed by atoms with Crippen molar-refractivity contribution in [2.45, 2.75) is 76.9 Å². The Balaban J connectivity index is 1.82. The fraction of sp³-hybridized carbons (Fsp3) is 0.833. The summed E-state index contributed by atoms with van der Waals surface area (Å²) in [5.41, 5.74) is 0.589. The van der Waals surface area contributed by atoms with Crippen molar-refractivity contribution in [1.29, 1.82) is 0 Å². The van der Waals surface area contributed by atoms with Crippen molar-refractivity contribution >= 4 is 16.2 Å². The molecule has 0 radical (unpaired) electrons. The van der Waals surface area contributed by atoms with Gasteiger partial charge in [-0.2, -0.15) is 12.7 Å². The van der Waals surface area contributed by atoms with Crippen LogP contribution in [-0.2, 0) is 14.9 Å². The number of ether oxygens (including phenoxy) is 1. The van der Waals surface area contributed by atoms with Gasteiger partial charge < -0.3 is 10.1 Å². The van der Waals surface area contributed by atoms with Gasteiger partial charge in [-0.3, -0.25) is 0 Å². The zero-order chi connectivity index (χ0) is 19.2. The largest absolute Gasteiger partial charge is 0.371 e. The lowest BCUT2D eigenvalue weighted by atomic mass is 9.94. The van der Waals surface area contributed by atoms with Gasteiger partial charge in [-0.25, -0.2) is 9.52 Å². The molecule has 0 aromatic rings. The van der Waals surface area contributed by atoms with Gasteiger partial charge in [0.2, 0.25) is 0 Å². The van der Waals surface area contributed by atoms with Crippen LogP contribution in [0.1, 0.15) is 65.2 Å². The molecule has 8 heteroatoms. The van der Waals surface area contributed by atoms with Crippen molar-refractivity contribution in [3.8, 4) is 0 Å². The Morgan fingerprint density at radius 3 is 2.31 bits per heavy atom. The first kappa shape index (κ1) is 21.2. The van der Waals surface area contributed by atoms with Gasteiger partial charge in [0.15, 0.2) is 0 Å². The Labute approximate surface area is 157 Å². The first-order valence-electron chi connectivity index (χ1n) is 9.57. The van der Waals surface area contributed by atoms with E-state index in [1.54, 1.807) is 0 Å². The summed E-state index contributed by atoms with van der Waals surface area (Å²) in [7, 11) is -3.83. The first-order valence-corrected chi connectivity index (χ1v) is 11.0. The van der Waals surface area contributed by atoms with E-state index in [4.69, 9.17) is 4.74 Å². The standard InChI is InChI=1S/C18H33N3O4S/c1-15(2)14-25-18(3)10-12-21(13-11-18)26(23,24)20-17(22)19-16-8-6-4-5-7-9-16/h16H,1,4-14H2,2-3H3,(H2,19,20,22). The molecule has 1 aliphatic carbocycles. The average molecular weight is 388 g/mol. The molecule has 7 nitrogen and oxygen atoms in total. The number of carbonyl (C=O) groups excluding carboxylic acids is 1. The smallest absolute Gasteiger partial charge is 0.329 e. The zero-order valence-corrected chi connectivity index (χ0v) is 16.9. The predicted molar refractivity (Wildman–Crippen MR) is 102 cm³/mol. The minimum Gasteiger partial charge on any atom is -0.371 e. The van der Waals surface area contributed by atoms with Crippen molar-refractivity contribution < 1.29 is 17.9 Å². The fourth-order valence-corrected chi connectivity index (χ4v) is 4.55. The van der Waals surface area contributed by atoms with Crippen LogP contribution in [0.4, 0.5) is 4.79 Å². The Morgan fingerprint density at radius 1 is 1.19 bits per heavy atom. The number of piperidine rings is 1. The van der Waals surface area contributed by atoms with Crippen molar-refractivity contribution in [1.82, 2.24) is 14.3 Å². The zero-order valence-electron chi connectivity index (χ0n) is 16.1. The third kappa shape index (κ3) is 6.55. The van der Waals surface area contributed by atoms with E-state index in [9.17, 15) is 13.2 Å². The molecule has 0 unspecified atom stereocenters. The van der Waals surface area contributed by atoms with Gasteiger partial charge in [-0.15, -0.1) is 0 Å². The molecule has 2 amide bonds. The maximum Gasteiger partial charge on any atom is 0.329 e. The summed E-state index contributed by atoms with van der Waals surface area (Å²) in [6, 6.07) is -0.559. The lowest BCUT2D eigenvalue weighted by Gasteiger charge is -2.38. The van der Waals surface area contributed by atoms with Crippen LogP contribution in [0.5, 0.6) is 0 Å². The Bertz CT molecular complexity index is 590. The number of rotatable bonds is 6. The number of carbonyl (C=O) groups is 1. The summed E-state index contributed by atoms with van der Waals surface area (Å²) in [5, 5.41) is 2.81. The number of amides is 2. The molecule has 0 aromatic heterocycles. The van der Waals surface area contributed by atoms with Crippen molar-refractivity contribution in [2.75, 3.05) is 19.7 Å². The lowest BCUT2D eigenvalue weighted by molar-refractivity contribution is -0.0509. The average Bonchev–Trinajstić information content (AvgIpc) is 2.81. The highest BCUT2D eigenvalue weighted by Gasteiger charge is 2.36. The van der Waals surface area contributed by atoms with Gasteiger partial charge in [-0.1, -0.05) is 37.8 Å². The molecule has 1 heterocycles. The van der Waals surface area contributed by atoms with Crippen molar-refractivity contribution in [3.63, 3.8) is 0 Å². The van der Waals surface area contributed by atoms with Crippen LogP contribution in [-0.4, -0.2) is 50.1 Å². The molecule has 0 atom stereocenters. The maximum atomic E-state index is 12.5. The summed E-state index contributed by atoms with van der Waals surface area (Å²) >= 11 is 0. The second kappa shape index (κ2) is 9.19. The Hall–Kier alpha value is -1.12. The van der Waals surface area contributed by atoms with E-state index in [0.717, 1.165) is 31.3 Å². The highest BCUT2D eigenvalue weighted by Crippen LogP contribution is 2.27. The normalized spacial score (nSPS) is 22.4. The molecular formula is C18H33N3O4S. The minimum absolute atomic E-state index is 0.0629. The summed E-state index contributed by atoms with van der Waals surface area (Å²) in [5.74, 6) is 0.